The summed E-state index contributed by atoms with van der Waals surface area (Å²) in [4.78, 5) is 2.16. The lowest BCUT2D eigenvalue weighted by Gasteiger charge is -2.11. The van der Waals surface area contributed by atoms with Crippen molar-refractivity contribution in [3.05, 3.63) is 24.6 Å². The minimum atomic E-state index is -0.469. The lowest BCUT2D eigenvalue weighted by atomic mass is 11.0. The van der Waals surface area contributed by atoms with Gasteiger partial charge < -0.3 is 4.90 Å². The molecular weight excluding hydrogens is 126 g/mol. The zero-order chi connectivity index (χ0) is 7.28. The Balaban J connectivity index is 3.55. The Morgan fingerprint density at radius 3 is 1.89 bits per heavy atom. The van der Waals surface area contributed by atoms with Crippen LogP contribution in [0.1, 0.15) is 0 Å². The fourth-order valence-electron chi connectivity index (χ4n) is 0.578. The van der Waals surface area contributed by atoms with Crippen LogP contribution in [-0.4, -0.2) is 34.0 Å². The molecule has 9 heavy (non-hydrogen) atoms. The van der Waals surface area contributed by atoms with Gasteiger partial charge in [-0.15, -0.1) is 13.2 Å². The zero-order valence-corrected chi connectivity index (χ0v) is 7.22. The van der Waals surface area contributed by atoms with Crippen molar-refractivity contribution in [2.45, 2.75) is 0 Å². The molecule has 51 valence electrons. The van der Waals surface area contributed by atoms with Crippen molar-refractivity contribution in [3.63, 3.8) is 0 Å². The van der Waals surface area contributed by atoms with Gasteiger partial charge in [0.15, 0.2) is 0 Å². The monoisotopic (exact) mass is 140 g/mol. The second kappa shape index (κ2) is 4.53. The van der Waals surface area contributed by atoms with Gasteiger partial charge in [0.1, 0.15) is 8.80 Å². The van der Waals surface area contributed by atoms with Crippen molar-refractivity contribution in [1.82, 2.24) is 4.90 Å². The molecule has 0 aliphatic heterocycles. The van der Waals surface area contributed by atoms with Gasteiger partial charge >= 0.3 is 0 Å². The highest BCUT2D eigenvalue weighted by molar-refractivity contribution is 6.69. The predicted octanol–water partition coefficient (Wildman–Crippen LogP) is 1.03. The summed E-state index contributed by atoms with van der Waals surface area (Å²) in [5, 5.41) is 0. The fourth-order valence-corrected chi connectivity index (χ4v) is 1.73. The molecule has 0 heterocycles. The van der Waals surface area contributed by atoms with Gasteiger partial charge in [0.05, 0.1) is 0 Å². The number of rotatable bonds is 4. The van der Waals surface area contributed by atoms with Gasteiger partial charge in [-0.3, -0.25) is 0 Å². The minimum Gasteiger partial charge on any atom is -0.312 e. The average Bonchev–Trinajstić information content (AvgIpc) is 1.82. The van der Waals surface area contributed by atoms with Gasteiger partial charge in [-0.05, 0) is 20.3 Å². The van der Waals surface area contributed by atoms with E-state index in [0.717, 1.165) is 6.17 Å². The Kier molecular flexibility index (Phi) is 4.36. The third kappa shape index (κ3) is 4.18. The standard InChI is InChI=1S/C7H14NSi/c1-5-9(6-2)7-8(3)4/h5-6H,1-2,7H2,3-4H3. The third-order valence-electron chi connectivity index (χ3n) is 1.02. The van der Waals surface area contributed by atoms with E-state index in [1.165, 1.54) is 0 Å². The molecule has 0 aromatic heterocycles. The molecule has 0 aromatic rings. The second-order valence-electron chi connectivity index (χ2n) is 2.22. The Morgan fingerprint density at radius 1 is 1.33 bits per heavy atom. The van der Waals surface area contributed by atoms with Crippen LogP contribution in [0.25, 0.3) is 0 Å². The van der Waals surface area contributed by atoms with Gasteiger partial charge in [-0.1, -0.05) is 11.4 Å². The smallest absolute Gasteiger partial charge is 0.117 e. The van der Waals surface area contributed by atoms with Crippen LogP contribution in [0.2, 0.25) is 0 Å². The highest BCUT2D eigenvalue weighted by Crippen LogP contribution is 1.86. The summed E-state index contributed by atoms with van der Waals surface area (Å²) in [7, 11) is 3.67. The zero-order valence-electron chi connectivity index (χ0n) is 6.22. The number of hydrogen-bond donors (Lipinski definition) is 0. The van der Waals surface area contributed by atoms with E-state index in [4.69, 9.17) is 0 Å². The molecule has 1 radical (unpaired) electrons. The molecule has 0 aliphatic carbocycles. The first-order chi connectivity index (χ1) is 4.20. The molecule has 0 aliphatic rings. The largest absolute Gasteiger partial charge is 0.312 e. The van der Waals surface area contributed by atoms with Gasteiger partial charge in [0.2, 0.25) is 0 Å². The van der Waals surface area contributed by atoms with Crippen LogP contribution >= 0.6 is 0 Å². The van der Waals surface area contributed by atoms with Gasteiger partial charge in [-0.25, -0.2) is 0 Å². The molecule has 0 saturated carbocycles. The summed E-state index contributed by atoms with van der Waals surface area (Å²) >= 11 is 0. The van der Waals surface area contributed by atoms with E-state index in [1.807, 2.05) is 11.4 Å². The van der Waals surface area contributed by atoms with E-state index in [0.29, 0.717) is 0 Å². The molecule has 0 atom stereocenters. The Morgan fingerprint density at radius 2 is 1.78 bits per heavy atom. The summed E-state index contributed by atoms with van der Waals surface area (Å²) in [6.45, 7) is 7.46. The molecule has 0 spiro atoms. The quantitative estimate of drug-likeness (QED) is 0.527. The summed E-state index contributed by atoms with van der Waals surface area (Å²) < 4.78 is 0. The van der Waals surface area contributed by atoms with E-state index in [9.17, 15) is 0 Å². The van der Waals surface area contributed by atoms with Crippen molar-refractivity contribution >= 4 is 8.80 Å². The molecule has 0 N–H and O–H groups in total. The van der Waals surface area contributed by atoms with Crippen LogP contribution in [0.4, 0.5) is 0 Å². The first-order valence-corrected chi connectivity index (χ1v) is 4.82. The molecule has 0 saturated heterocycles. The van der Waals surface area contributed by atoms with E-state index in [1.54, 1.807) is 0 Å². The predicted molar refractivity (Wildman–Crippen MR) is 44.7 cm³/mol. The molecule has 2 heteroatoms. The SMILES string of the molecule is C=C[Si](C=C)CN(C)C. The average molecular weight is 140 g/mol. The number of hydrogen-bond acceptors (Lipinski definition) is 1. The van der Waals surface area contributed by atoms with Crippen molar-refractivity contribution in [2.75, 3.05) is 20.3 Å². The van der Waals surface area contributed by atoms with E-state index in [-0.39, 0.29) is 0 Å². The molecular formula is C7H14NSi. The lowest BCUT2D eigenvalue weighted by molar-refractivity contribution is 0.476. The van der Waals surface area contributed by atoms with Gasteiger partial charge in [0.25, 0.3) is 0 Å². The van der Waals surface area contributed by atoms with Crippen LogP contribution in [0, 0.1) is 0 Å². The van der Waals surface area contributed by atoms with Crippen LogP contribution < -0.4 is 0 Å². The molecule has 0 aromatic carbocycles. The van der Waals surface area contributed by atoms with Crippen LogP contribution in [0.3, 0.4) is 0 Å². The Bertz CT molecular complexity index is 91.1. The van der Waals surface area contributed by atoms with Crippen molar-refractivity contribution in [1.29, 1.82) is 0 Å². The summed E-state index contributed by atoms with van der Waals surface area (Å²) in [5.74, 6) is 0. The van der Waals surface area contributed by atoms with Crippen molar-refractivity contribution in [3.8, 4) is 0 Å². The molecule has 0 fully saturated rings. The summed E-state index contributed by atoms with van der Waals surface area (Å²) in [6, 6.07) is 0. The molecule has 0 amide bonds. The molecule has 0 unspecified atom stereocenters. The third-order valence-corrected chi connectivity index (χ3v) is 3.07. The maximum Gasteiger partial charge on any atom is 0.117 e. The number of nitrogens with zero attached hydrogens (tertiary/aromatic N) is 1. The molecule has 1 nitrogen and oxygen atoms in total. The topological polar surface area (TPSA) is 3.24 Å². The van der Waals surface area contributed by atoms with E-state index < -0.39 is 8.80 Å². The summed E-state index contributed by atoms with van der Waals surface area (Å²) in [6.07, 6.45) is 1.11. The lowest BCUT2D eigenvalue weighted by Crippen LogP contribution is -2.26. The Labute approximate surface area is 59.3 Å². The first-order valence-electron chi connectivity index (χ1n) is 2.96. The normalized spacial score (nSPS) is 10.2. The van der Waals surface area contributed by atoms with Crippen molar-refractivity contribution < 1.29 is 0 Å². The minimum absolute atomic E-state index is 0.469. The highest BCUT2D eigenvalue weighted by atomic mass is 28.3. The maximum atomic E-state index is 3.73. The van der Waals surface area contributed by atoms with Crippen LogP contribution in [0.15, 0.2) is 24.6 Å². The van der Waals surface area contributed by atoms with E-state index in [2.05, 4.69) is 32.2 Å². The fraction of sp³-hybridized carbons (Fsp3) is 0.429. The molecule has 0 rings (SSSR count). The molecule has 0 bridgehead atoms. The Hall–Kier alpha value is -0.343. The van der Waals surface area contributed by atoms with Gasteiger partial charge in [0, 0.05) is 0 Å². The van der Waals surface area contributed by atoms with Crippen LogP contribution in [0.5, 0.6) is 0 Å². The first kappa shape index (κ1) is 8.66. The van der Waals surface area contributed by atoms with Crippen molar-refractivity contribution in [2.24, 2.45) is 0 Å². The van der Waals surface area contributed by atoms with Gasteiger partial charge in [-0.2, -0.15) is 0 Å². The van der Waals surface area contributed by atoms with E-state index >= 15 is 0 Å². The second-order valence-corrected chi connectivity index (χ2v) is 4.50. The highest BCUT2D eigenvalue weighted by Gasteiger charge is 2.00. The van der Waals surface area contributed by atoms with Crippen LogP contribution in [-0.2, 0) is 0 Å². The maximum absolute atomic E-state index is 3.73. The summed E-state index contributed by atoms with van der Waals surface area (Å²) in [5.41, 5.74) is 4.02.